The number of pyridine rings is 1. The van der Waals surface area contributed by atoms with Gasteiger partial charge < -0.3 is 9.80 Å². The number of nitrogens with zero attached hydrogens (tertiary/aromatic N) is 3. The van der Waals surface area contributed by atoms with Crippen molar-refractivity contribution in [1.82, 2.24) is 14.8 Å². The molecular formula is C18H25N3O4S. The summed E-state index contributed by atoms with van der Waals surface area (Å²) in [5.74, 6) is -0.398. The van der Waals surface area contributed by atoms with E-state index in [2.05, 4.69) is 4.98 Å². The highest BCUT2D eigenvalue weighted by Crippen LogP contribution is 2.28. The van der Waals surface area contributed by atoms with Crippen LogP contribution in [0.2, 0.25) is 0 Å². The van der Waals surface area contributed by atoms with Gasteiger partial charge in [0.25, 0.3) is 0 Å². The Hall–Kier alpha value is -1.96. The average molecular weight is 379 g/mol. The number of sulfone groups is 1. The number of aromatic nitrogens is 1. The zero-order valence-corrected chi connectivity index (χ0v) is 16.0. The molecule has 2 aliphatic rings. The molecule has 0 spiro atoms. The molecule has 0 saturated carbocycles. The Morgan fingerprint density at radius 3 is 2.46 bits per heavy atom. The van der Waals surface area contributed by atoms with Crippen molar-refractivity contribution in [2.75, 3.05) is 24.6 Å². The Labute approximate surface area is 154 Å². The number of hydrogen-bond acceptors (Lipinski definition) is 5. The summed E-state index contributed by atoms with van der Waals surface area (Å²) in [6.45, 7) is 4.41. The molecule has 1 aromatic heterocycles. The maximum Gasteiger partial charge on any atom is 0.225 e. The van der Waals surface area contributed by atoms with Crippen molar-refractivity contribution in [1.29, 1.82) is 0 Å². The fourth-order valence-corrected chi connectivity index (χ4v) is 5.79. The maximum atomic E-state index is 12.7. The molecule has 3 rings (SSSR count). The molecule has 2 aliphatic heterocycles. The van der Waals surface area contributed by atoms with Gasteiger partial charge in [-0.1, -0.05) is 19.9 Å². The zero-order valence-electron chi connectivity index (χ0n) is 15.2. The summed E-state index contributed by atoms with van der Waals surface area (Å²) in [5, 5.41) is 0. The summed E-state index contributed by atoms with van der Waals surface area (Å²) in [6.07, 6.45) is 4.30. The molecule has 2 atom stereocenters. The third-order valence-electron chi connectivity index (χ3n) is 5.12. The monoisotopic (exact) mass is 379 g/mol. The van der Waals surface area contributed by atoms with Gasteiger partial charge in [-0.3, -0.25) is 14.6 Å². The lowest BCUT2D eigenvalue weighted by molar-refractivity contribution is -0.147. The maximum absolute atomic E-state index is 12.7. The first kappa shape index (κ1) is 18.8. The topological polar surface area (TPSA) is 87.7 Å². The molecule has 1 aromatic rings. The van der Waals surface area contributed by atoms with Crippen molar-refractivity contribution >= 4 is 21.7 Å². The number of carbonyl (C=O) groups is 2. The van der Waals surface area contributed by atoms with Crippen LogP contribution in [-0.2, 0) is 25.8 Å². The molecule has 2 saturated heterocycles. The normalized spacial score (nSPS) is 24.6. The molecule has 0 bridgehead atoms. The van der Waals surface area contributed by atoms with E-state index >= 15 is 0 Å². The third kappa shape index (κ3) is 3.90. The van der Waals surface area contributed by atoms with Crippen LogP contribution < -0.4 is 0 Å². The fraction of sp³-hybridized carbons (Fsp3) is 0.611. The molecular weight excluding hydrogens is 354 g/mol. The Morgan fingerprint density at radius 1 is 1.19 bits per heavy atom. The van der Waals surface area contributed by atoms with Gasteiger partial charge in [-0.05, 0) is 18.1 Å². The summed E-state index contributed by atoms with van der Waals surface area (Å²) in [5.41, 5.74) is 0.977. The minimum atomic E-state index is -3.25. The first-order chi connectivity index (χ1) is 12.3. The van der Waals surface area contributed by atoms with Gasteiger partial charge in [-0.25, -0.2) is 8.42 Å². The van der Waals surface area contributed by atoms with Crippen molar-refractivity contribution in [3.8, 4) is 0 Å². The van der Waals surface area contributed by atoms with E-state index in [1.54, 1.807) is 22.2 Å². The number of carbonyl (C=O) groups excluding carboxylic acids is 2. The van der Waals surface area contributed by atoms with Crippen molar-refractivity contribution in [2.45, 2.75) is 38.8 Å². The first-order valence-electron chi connectivity index (χ1n) is 8.98. The lowest BCUT2D eigenvalue weighted by atomic mass is 10.0. The van der Waals surface area contributed by atoms with E-state index in [4.69, 9.17) is 0 Å². The van der Waals surface area contributed by atoms with Crippen LogP contribution in [0.4, 0.5) is 0 Å². The minimum absolute atomic E-state index is 0.0421. The Balaban J connectivity index is 1.73. The molecule has 0 aromatic carbocycles. The fourth-order valence-electron chi connectivity index (χ4n) is 3.81. The standard InChI is InChI=1S/C18H25N3O4S/c1-13(2)18(23)21-9-8-20(15-11-26(24,25)12-16(15)21)17(22)6-5-14-4-3-7-19-10-14/h3-4,7,10,13,15-16H,5-6,8-9,11-12H2,1-2H3/t15-,16+/m1/s1. The molecule has 0 aliphatic carbocycles. The van der Waals surface area contributed by atoms with Crippen LogP contribution in [0.3, 0.4) is 0 Å². The number of fused-ring (bicyclic) bond motifs is 1. The van der Waals surface area contributed by atoms with Crippen LogP contribution in [-0.4, -0.2) is 71.7 Å². The van der Waals surface area contributed by atoms with Crippen molar-refractivity contribution in [2.24, 2.45) is 5.92 Å². The van der Waals surface area contributed by atoms with Crippen molar-refractivity contribution in [3.05, 3.63) is 30.1 Å². The molecule has 0 N–H and O–H groups in total. The molecule has 2 fully saturated rings. The SMILES string of the molecule is CC(C)C(=O)N1CCN(C(=O)CCc2cccnc2)[C@@H]2CS(=O)(=O)C[C@@H]21. The highest BCUT2D eigenvalue weighted by molar-refractivity contribution is 7.91. The van der Waals surface area contributed by atoms with Gasteiger partial charge in [0.15, 0.2) is 9.84 Å². The number of rotatable bonds is 4. The summed E-state index contributed by atoms with van der Waals surface area (Å²) in [7, 11) is -3.25. The van der Waals surface area contributed by atoms with Crippen LogP contribution in [0.1, 0.15) is 25.8 Å². The zero-order chi connectivity index (χ0) is 18.9. The number of hydrogen-bond donors (Lipinski definition) is 0. The van der Waals surface area contributed by atoms with E-state index < -0.39 is 21.9 Å². The van der Waals surface area contributed by atoms with Gasteiger partial charge in [0.2, 0.25) is 11.8 Å². The average Bonchev–Trinajstić information content (AvgIpc) is 2.93. The molecule has 0 unspecified atom stereocenters. The minimum Gasteiger partial charge on any atom is -0.335 e. The second-order valence-corrected chi connectivity index (χ2v) is 9.50. The van der Waals surface area contributed by atoms with E-state index in [0.29, 0.717) is 25.9 Å². The molecule has 26 heavy (non-hydrogen) atoms. The molecule has 7 nitrogen and oxygen atoms in total. The second kappa shape index (κ2) is 7.34. The van der Waals surface area contributed by atoms with Gasteiger partial charge in [0.05, 0.1) is 23.6 Å². The Bertz CT molecular complexity index is 779. The van der Waals surface area contributed by atoms with E-state index in [0.717, 1.165) is 5.56 Å². The highest BCUT2D eigenvalue weighted by atomic mass is 32.2. The molecule has 3 heterocycles. The quantitative estimate of drug-likeness (QED) is 0.761. The molecule has 0 radical (unpaired) electrons. The second-order valence-electron chi connectivity index (χ2n) is 7.35. The highest BCUT2D eigenvalue weighted by Gasteiger charge is 2.49. The largest absolute Gasteiger partial charge is 0.335 e. The van der Waals surface area contributed by atoms with Crippen LogP contribution in [0.25, 0.3) is 0 Å². The number of aryl methyl sites for hydroxylation is 1. The lowest BCUT2D eigenvalue weighted by Crippen LogP contribution is -2.62. The first-order valence-corrected chi connectivity index (χ1v) is 10.8. The summed E-state index contributed by atoms with van der Waals surface area (Å²) in [4.78, 5) is 32.6. The molecule has 2 amide bonds. The van der Waals surface area contributed by atoms with Crippen LogP contribution in [0.15, 0.2) is 24.5 Å². The van der Waals surface area contributed by atoms with Crippen molar-refractivity contribution in [3.63, 3.8) is 0 Å². The number of amides is 2. The predicted molar refractivity (Wildman–Crippen MR) is 97.1 cm³/mol. The van der Waals surface area contributed by atoms with Gasteiger partial charge in [-0.15, -0.1) is 0 Å². The molecule has 142 valence electrons. The summed E-state index contributed by atoms with van der Waals surface area (Å²) >= 11 is 0. The van der Waals surface area contributed by atoms with Gasteiger partial charge in [0.1, 0.15) is 0 Å². The van der Waals surface area contributed by atoms with E-state index in [1.165, 1.54) is 0 Å². The summed E-state index contributed by atoms with van der Waals surface area (Å²) < 4.78 is 24.4. The Morgan fingerprint density at radius 2 is 1.85 bits per heavy atom. The van der Waals surface area contributed by atoms with E-state index in [1.807, 2.05) is 26.0 Å². The van der Waals surface area contributed by atoms with Crippen LogP contribution >= 0.6 is 0 Å². The van der Waals surface area contributed by atoms with Gasteiger partial charge in [-0.2, -0.15) is 0 Å². The third-order valence-corrected chi connectivity index (χ3v) is 6.82. The van der Waals surface area contributed by atoms with E-state index in [-0.39, 0.29) is 29.2 Å². The van der Waals surface area contributed by atoms with Gasteiger partial charge >= 0.3 is 0 Å². The van der Waals surface area contributed by atoms with Crippen molar-refractivity contribution < 1.29 is 18.0 Å². The predicted octanol–water partition coefficient (Wildman–Crippen LogP) is 0.507. The number of piperazine rings is 1. The molecule has 8 heteroatoms. The summed E-state index contributed by atoms with van der Waals surface area (Å²) in [6, 6.07) is 2.89. The van der Waals surface area contributed by atoms with Crippen LogP contribution in [0, 0.1) is 5.92 Å². The smallest absolute Gasteiger partial charge is 0.225 e. The lowest BCUT2D eigenvalue weighted by Gasteiger charge is -2.44. The van der Waals surface area contributed by atoms with Crippen LogP contribution in [0.5, 0.6) is 0 Å². The van der Waals surface area contributed by atoms with E-state index in [9.17, 15) is 18.0 Å². The Kier molecular flexibility index (Phi) is 5.32. The van der Waals surface area contributed by atoms with Gasteiger partial charge in [0, 0.05) is 37.8 Å².